The maximum atomic E-state index is 5.75. The molecule has 0 aliphatic carbocycles. The van der Waals surface area contributed by atoms with Crippen molar-refractivity contribution in [2.24, 2.45) is 5.73 Å². The van der Waals surface area contributed by atoms with Gasteiger partial charge < -0.3 is 10.5 Å². The van der Waals surface area contributed by atoms with E-state index in [1.807, 2.05) is 24.0 Å². The number of nitrogens with zero attached hydrogens (tertiary/aromatic N) is 2. The molecule has 4 heteroatoms. The summed E-state index contributed by atoms with van der Waals surface area (Å²) in [6.45, 7) is 3.71. The summed E-state index contributed by atoms with van der Waals surface area (Å²) in [5.41, 5.74) is 6.84. The second-order valence-electron chi connectivity index (χ2n) is 3.92. The van der Waals surface area contributed by atoms with Crippen molar-refractivity contribution >= 4 is 0 Å². The fraction of sp³-hybridized carbons (Fsp3) is 0.700. The van der Waals surface area contributed by atoms with Crippen molar-refractivity contribution in [2.75, 3.05) is 6.61 Å². The molecule has 0 radical (unpaired) electrons. The Hall–Kier alpha value is -0.870. The Labute approximate surface area is 84.0 Å². The fourth-order valence-electron chi connectivity index (χ4n) is 1.71. The predicted octanol–water partition coefficient (Wildman–Crippen LogP) is 1.08. The molecule has 1 aromatic heterocycles. The van der Waals surface area contributed by atoms with E-state index in [-0.39, 0.29) is 6.04 Å². The van der Waals surface area contributed by atoms with E-state index in [1.54, 1.807) is 0 Å². The Morgan fingerprint density at radius 3 is 3.21 bits per heavy atom. The SMILES string of the molecule is C[C@@H](N)c1cnn(C[C@H]2CCCO2)c1. The van der Waals surface area contributed by atoms with Crippen LogP contribution in [0.2, 0.25) is 0 Å². The minimum absolute atomic E-state index is 0.0632. The molecule has 1 aliphatic heterocycles. The molecule has 1 aliphatic rings. The van der Waals surface area contributed by atoms with Gasteiger partial charge in [-0.05, 0) is 19.8 Å². The molecule has 78 valence electrons. The van der Waals surface area contributed by atoms with Crippen LogP contribution in [0.25, 0.3) is 0 Å². The average Bonchev–Trinajstić information content (AvgIpc) is 2.75. The Morgan fingerprint density at radius 1 is 1.79 bits per heavy atom. The first-order valence-electron chi connectivity index (χ1n) is 5.15. The standard InChI is InChI=1S/C10H17N3O/c1-8(11)9-5-12-13(6-9)7-10-3-2-4-14-10/h5-6,8,10H,2-4,7,11H2,1H3/t8-,10-/m1/s1. The Morgan fingerprint density at radius 2 is 2.64 bits per heavy atom. The molecule has 0 bridgehead atoms. The van der Waals surface area contributed by atoms with E-state index in [0.717, 1.165) is 25.1 Å². The molecular formula is C10H17N3O. The van der Waals surface area contributed by atoms with Crippen molar-refractivity contribution in [3.05, 3.63) is 18.0 Å². The first kappa shape index (κ1) is 9.68. The van der Waals surface area contributed by atoms with Crippen LogP contribution in [-0.4, -0.2) is 22.5 Å². The maximum Gasteiger partial charge on any atom is 0.0771 e. The van der Waals surface area contributed by atoms with Gasteiger partial charge in [0, 0.05) is 24.4 Å². The molecule has 0 aromatic carbocycles. The molecule has 2 N–H and O–H groups in total. The fourth-order valence-corrected chi connectivity index (χ4v) is 1.71. The number of ether oxygens (including phenoxy) is 1. The lowest BCUT2D eigenvalue weighted by Crippen LogP contribution is -2.15. The quantitative estimate of drug-likeness (QED) is 0.785. The van der Waals surface area contributed by atoms with Gasteiger partial charge in [0.15, 0.2) is 0 Å². The van der Waals surface area contributed by atoms with Crippen LogP contribution in [0.15, 0.2) is 12.4 Å². The van der Waals surface area contributed by atoms with Crippen molar-refractivity contribution in [1.82, 2.24) is 9.78 Å². The zero-order chi connectivity index (χ0) is 9.97. The van der Waals surface area contributed by atoms with Crippen LogP contribution >= 0.6 is 0 Å². The summed E-state index contributed by atoms with van der Waals surface area (Å²) < 4.78 is 7.46. The van der Waals surface area contributed by atoms with Gasteiger partial charge >= 0.3 is 0 Å². The zero-order valence-electron chi connectivity index (χ0n) is 8.52. The van der Waals surface area contributed by atoms with Crippen LogP contribution in [0.5, 0.6) is 0 Å². The largest absolute Gasteiger partial charge is 0.376 e. The van der Waals surface area contributed by atoms with Crippen molar-refractivity contribution in [2.45, 2.75) is 38.5 Å². The molecule has 0 saturated carbocycles. The van der Waals surface area contributed by atoms with Gasteiger partial charge in [0.25, 0.3) is 0 Å². The maximum absolute atomic E-state index is 5.75. The van der Waals surface area contributed by atoms with Gasteiger partial charge in [0.1, 0.15) is 0 Å². The van der Waals surface area contributed by atoms with Crippen molar-refractivity contribution in [1.29, 1.82) is 0 Å². The summed E-state index contributed by atoms with van der Waals surface area (Å²) in [5.74, 6) is 0. The smallest absolute Gasteiger partial charge is 0.0771 e. The molecule has 2 atom stereocenters. The second kappa shape index (κ2) is 4.11. The molecule has 0 unspecified atom stereocenters. The summed E-state index contributed by atoms with van der Waals surface area (Å²) in [4.78, 5) is 0. The molecule has 1 fully saturated rings. The third kappa shape index (κ3) is 2.13. The summed E-state index contributed by atoms with van der Waals surface area (Å²) in [6.07, 6.45) is 6.50. The Kier molecular flexibility index (Phi) is 2.84. The van der Waals surface area contributed by atoms with Crippen LogP contribution in [0, 0.1) is 0 Å². The van der Waals surface area contributed by atoms with E-state index in [1.165, 1.54) is 6.42 Å². The number of rotatable bonds is 3. The molecule has 2 heterocycles. The summed E-state index contributed by atoms with van der Waals surface area (Å²) in [7, 11) is 0. The number of hydrogen-bond donors (Lipinski definition) is 1. The van der Waals surface area contributed by atoms with Gasteiger partial charge in [-0.2, -0.15) is 5.10 Å². The normalized spacial score (nSPS) is 24.0. The second-order valence-corrected chi connectivity index (χ2v) is 3.92. The summed E-state index contributed by atoms with van der Waals surface area (Å²) in [5, 5.41) is 4.26. The van der Waals surface area contributed by atoms with E-state index in [9.17, 15) is 0 Å². The van der Waals surface area contributed by atoms with Crippen LogP contribution in [0.4, 0.5) is 0 Å². The molecule has 0 spiro atoms. The lowest BCUT2D eigenvalue weighted by Gasteiger charge is -2.08. The minimum Gasteiger partial charge on any atom is -0.376 e. The Balaban J connectivity index is 1.95. The van der Waals surface area contributed by atoms with Gasteiger partial charge in [-0.25, -0.2) is 0 Å². The first-order valence-corrected chi connectivity index (χ1v) is 5.15. The third-order valence-corrected chi connectivity index (χ3v) is 2.59. The number of nitrogens with two attached hydrogens (primary N) is 1. The molecule has 14 heavy (non-hydrogen) atoms. The number of aromatic nitrogens is 2. The summed E-state index contributed by atoms with van der Waals surface area (Å²) in [6, 6.07) is 0.0632. The molecular weight excluding hydrogens is 178 g/mol. The molecule has 1 aromatic rings. The van der Waals surface area contributed by atoms with Crippen molar-refractivity contribution in [3.63, 3.8) is 0 Å². The van der Waals surface area contributed by atoms with E-state index in [0.29, 0.717) is 6.10 Å². The van der Waals surface area contributed by atoms with E-state index >= 15 is 0 Å². The third-order valence-electron chi connectivity index (χ3n) is 2.59. The molecule has 0 amide bonds. The monoisotopic (exact) mass is 195 g/mol. The van der Waals surface area contributed by atoms with Gasteiger partial charge in [-0.15, -0.1) is 0 Å². The molecule has 4 nitrogen and oxygen atoms in total. The van der Waals surface area contributed by atoms with Crippen LogP contribution in [-0.2, 0) is 11.3 Å². The lowest BCUT2D eigenvalue weighted by atomic mass is 10.2. The molecule has 1 saturated heterocycles. The summed E-state index contributed by atoms with van der Waals surface area (Å²) >= 11 is 0. The van der Waals surface area contributed by atoms with Gasteiger partial charge in [0.05, 0.1) is 18.8 Å². The highest BCUT2D eigenvalue weighted by molar-refractivity contribution is 5.08. The number of hydrogen-bond acceptors (Lipinski definition) is 3. The van der Waals surface area contributed by atoms with E-state index in [4.69, 9.17) is 10.5 Å². The topological polar surface area (TPSA) is 53.1 Å². The van der Waals surface area contributed by atoms with E-state index < -0.39 is 0 Å². The van der Waals surface area contributed by atoms with Gasteiger partial charge in [0.2, 0.25) is 0 Å². The predicted molar refractivity (Wildman–Crippen MR) is 53.8 cm³/mol. The van der Waals surface area contributed by atoms with Crippen molar-refractivity contribution < 1.29 is 4.74 Å². The molecule has 2 rings (SSSR count). The van der Waals surface area contributed by atoms with Crippen molar-refractivity contribution in [3.8, 4) is 0 Å². The Bertz CT molecular complexity index is 289. The average molecular weight is 195 g/mol. The van der Waals surface area contributed by atoms with Crippen LogP contribution in [0.1, 0.15) is 31.4 Å². The highest BCUT2D eigenvalue weighted by Gasteiger charge is 2.16. The zero-order valence-corrected chi connectivity index (χ0v) is 8.52. The van der Waals surface area contributed by atoms with E-state index in [2.05, 4.69) is 5.10 Å². The van der Waals surface area contributed by atoms with Crippen LogP contribution < -0.4 is 5.73 Å². The highest BCUT2D eigenvalue weighted by atomic mass is 16.5. The minimum atomic E-state index is 0.0632. The highest BCUT2D eigenvalue weighted by Crippen LogP contribution is 2.14. The lowest BCUT2D eigenvalue weighted by molar-refractivity contribution is 0.0940. The first-order chi connectivity index (χ1) is 6.75. The van der Waals surface area contributed by atoms with Gasteiger partial charge in [-0.1, -0.05) is 0 Å². The van der Waals surface area contributed by atoms with Crippen LogP contribution in [0.3, 0.4) is 0 Å². The van der Waals surface area contributed by atoms with Gasteiger partial charge in [-0.3, -0.25) is 4.68 Å².